The van der Waals surface area contributed by atoms with Crippen molar-refractivity contribution in [3.63, 3.8) is 0 Å². The highest BCUT2D eigenvalue weighted by molar-refractivity contribution is 5.77. The monoisotopic (exact) mass is 464 g/mol. The maximum Gasteiger partial charge on any atom is 0.220 e. The zero-order valence-corrected chi connectivity index (χ0v) is 19.4. The number of hydrogen-bond acceptors (Lipinski definition) is 5. The van der Waals surface area contributed by atoms with Gasteiger partial charge in [0.1, 0.15) is 18.1 Å². The van der Waals surface area contributed by atoms with Crippen molar-refractivity contribution in [1.29, 1.82) is 0 Å². The Hall–Kier alpha value is -4.12. The quantitative estimate of drug-likeness (QED) is 0.341. The van der Waals surface area contributed by atoms with Crippen LogP contribution in [0.5, 0.6) is 5.75 Å². The molecule has 35 heavy (non-hydrogen) atoms. The van der Waals surface area contributed by atoms with Crippen LogP contribution in [0.2, 0.25) is 0 Å². The van der Waals surface area contributed by atoms with Crippen molar-refractivity contribution < 1.29 is 19.1 Å². The van der Waals surface area contributed by atoms with Crippen LogP contribution in [0, 0.1) is 0 Å². The first-order valence-corrected chi connectivity index (χ1v) is 11.9. The Bertz CT molecular complexity index is 1270. The summed E-state index contributed by atoms with van der Waals surface area (Å²) in [4.78, 5) is 15.7. The lowest BCUT2D eigenvalue weighted by Crippen LogP contribution is -2.28. The van der Waals surface area contributed by atoms with Crippen LogP contribution < -0.4 is 9.84 Å². The van der Waals surface area contributed by atoms with E-state index in [1.54, 1.807) is 6.07 Å². The molecule has 4 aromatic rings. The zero-order valence-electron chi connectivity index (χ0n) is 19.4. The average molecular weight is 465 g/mol. The number of carbonyl (C=O) groups is 1. The molecule has 1 aliphatic carbocycles. The van der Waals surface area contributed by atoms with E-state index in [0.29, 0.717) is 11.6 Å². The molecule has 0 N–H and O–H groups in total. The molecule has 3 aromatic carbocycles. The van der Waals surface area contributed by atoms with Crippen LogP contribution in [0.1, 0.15) is 43.1 Å². The first-order chi connectivity index (χ1) is 17.2. The van der Waals surface area contributed by atoms with Crippen LogP contribution in [-0.4, -0.2) is 17.6 Å². The van der Waals surface area contributed by atoms with Crippen molar-refractivity contribution in [3.05, 3.63) is 102 Å². The SMILES string of the molecule is O=C([O-])COc1cccc(C2CCCC/C2=C/c2nc(-c3ccccc3)c(-c3ccccc3)o2)c1. The number of allylic oxidation sites excluding steroid dienone is 1. The van der Waals surface area contributed by atoms with Crippen LogP contribution in [-0.2, 0) is 4.79 Å². The van der Waals surface area contributed by atoms with E-state index < -0.39 is 12.6 Å². The molecule has 5 nitrogen and oxygen atoms in total. The van der Waals surface area contributed by atoms with E-state index in [1.807, 2.05) is 72.8 Å². The number of oxazole rings is 1. The normalized spacial score (nSPS) is 16.8. The summed E-state index contributed by atoms with van der Waals surface area (Å²) in [5, 5.41) is 10.8. The van der Waals surface area contributed by atoms with Crippen molar-refractivity contribution in [1.82, 2.24) is 4.98 Å². The minimum absolute atomic E-state index is 0.197. The number of hydrogen-bond donors (Lipinski definition) is 0. The predicted octanol–water partition coefficient (Wildman–Crippen LogP) is 5.88. The van der Waals surface area contributed by atoms with Gasteiger partial charge in [0.15, 0.2) is 5.76 Å². The van der Waals surface area contributed by atoms with Crippen molar-refractivity contribution in [2.45, 2.75) is 31.6 Å². The minimum Gasteiger partial charge on any atom is -0.546 e. The van der Waals surface area contributed by atoms with Crippen molar-refractivity contribution in [3.8, 4) is 28.3 Å². The fraction of sp³-hybridized carbons (Fsp3) is 0.200. The van der Waals surface area contributed by atoms with Gasteiger partial charge in [0.05, 0.1) is 5.97 Å². The molecule has 1 aliphatic rings. The van der Waals surface area contributed by atoms with E-state index in [2.05, 4.69) is 12.1 Å². The van der Waals surface area contributed by atoms with Gasteiger partial charge >= 0.3 is 0 Å². The fourth-order valence-electron chi connectivity index (χ4n) is 4.69. The van der Waals surface area contributed by atoms with E-state index >= 15 is 0 Å². The summed E-state index contributed by atoms with van der Waals surface area (Å²) in [6, 6.07) is 27.8. The summed E-state index contributed by atoms with van der Waals surface area (Å²) >= 11 is 0. The van der Waals surface area contributed by atoms with Crippen molar-refractivity contribution in [2.24, 2.45) is 0 Å². The molecule has 0 spiro atoms. The van der Waals surface area contributed by atoms with Crippen molar-refractivity contribution >= 4 is 12.0 Å². The van der Waals surface area contributed by atoms with Gasteiger partial charge in [-0.3, -0.25) is 0 Å². The number of aromatic nitrogens is 1. The maximum atomic E-state index is 10.8. The number of ether oxygens (including phenoxy) is 1. The third kappa shape index (κ3) is 5.35. The molecule has 5 rings (SSSR count). The van der Waals surface area contributed by atoms with E-state index in [0.717, 1.165) is 53.8 Å². The lowest BCUT2D eigenvalue weighted by atomic mass is 9.79. The maximum absolute atomic E-state index is 10.8. The van der Waals surface area contributed by atoms with Crippen LogP contribution >= 0.6 is 0 Å². The largest absolute Gasteiger partial charge is 0.546 e. The van der Waals surface area contributed by atoms with Gasteiger partial charge < -0.3 is 19.1 Å². The summed E-state index contributed by atoms with van der Waals surface area (Å²) in [7, 11) is 0. The predicted molar refractivity (Wildman–Crippen MR) is 134 cm³/mol. The number of nitrogens with zero attached hydrogens (tertiary/aromatic N) is 1. The second kappa shape index (κ2) is 10.4. The third-order valence-electron chi connectivity index (χ3n) is 6.31. The smallest absolute Gasteiger partial charge is 0.220 e. The van der Waals surface area contributed by atoms with Crippen LogP contribution in [0.25, 0.3) is 28.7 Å². The molecule has 1 atom stereocenters. The summed E-state index contributed by atoms with van der Waals surface area (Å²) in [5.74, 6) is 0.844. The highest BCUT2D eigenvalue weighted by Gasteiger charge is 2.23. The Labute approximate surface area is 204 Å². The zero-order chi connectivity index (χ0) is 24.0. The van der Waals surface area contributed by atoms with Crippen LogP contribution in [0.15, 0.2) is 94.9 Å². The highest BCUT2D eigenvalue weighted by Crippen LogP contribution is 2.40. The molecule has 0 radical (unpaired) electrons. The molecule has 1 fully saturated rings. The van der Waals surface area contributed by atoms with Crippen LogP contribution in [0.4, 0.5) is 0 Å². The number of carboxylic acids is 1. The van der Waals surface area contributed by atoms with Gasteiger partial charge in [0, 0.05) is 23.1 Å². The van der Waals surface area contributed by atoms with E-state index in [4.69, 9.17) is 14.1 Å². The van der Waals surface area contributed by atoms with Gasteiger partial charge in [-0.25, -0.2) is 4.98 Å². The molecule has 1 aromatic heterocycles. The molecular weight excluding hydrogens is 438 g/mol. The number of benzene rings is 3. The molecular formula is C30H26NO4-. The molecule has 1 unspecified atom stereocenters. The van der Waals surface area contributed by atoms with Gasteiger partial charge in [-0.05, 0) is 37.0 Å². The lowest BCUT2D eigenvalue weighted by Gasteiger charge is -2.26. The Balaban J connectivity index is 1.51. The Kier molecular flexibility index (Phi) is 6.75. The highest BCUT2D eigenvalue weighted by atomic mass is 16.5. The molecule has 0 amide bonds. The Morgan fingerprint density at radius 1 is 0.971 bits per heavy atom. The van der Waals surface area contributed by atoms with E-state index in [9.17, 15) is 9.90 Å². The molecule has 0 bridgehead atoms. The number of rotatable bonds is 7. The van der Waals surface area contributed by atoms with E-state index in [-0.39, 0.29) is 5.92 Å². The summed E-state index contributed by atoms with van der Waals surface area (Å²) < 4.78 is 11.7. The molecule has 0 aliphatic heterocycles. The molecule has 5 heteroatoms. The van der Waals surface area contributed by atoms with Gasteiger partial charge in [-0.2, -0.15) is 0 Å². The second-order valence-electron chi connectivity index (χ2n) is 8.71. The van der Waals surface area contributed by atoms with Crippen LogP contribution in [0.3, 0.4) is 0 Å². The average Bonchev–Trinajstić information content (AvgIpc) is 3.33. The topological polar surface area (TPSA) is 75.4 Å². The number of carbonyl (C=O) groups excluding carboxylic acids is 1. The first kappa shape index (κ1) is 22.7. The molecule has 1 saturated carbocycles. The Morgan fingerprint density at radius 2 is 1.71 bits per heavy atom. The second-order valence-corrected chi connectivity index (χ2v) is 8.71. The summed E-state index contributed by atoms with van der Waals surface area (Å²) in [6.45, 7) is -0.461. The number of aliphatic carboxylic acids is 1. The third-order valence-corrected chi connectivity index (χ3v) is 6.31. The van der Waals surface area contributed by atoms with E-state index in [1.165, 1.54) is 5.57 Å². The minimum atomic E-state index is -1.24. The molecule has 0 saturated heterocycles. The fourth-order valence-corrected chi connectivity index (χ4v) is 4.69. The summed E-state index contributed by atoms with van der Waals surface area (Å²) in [5.41, 5.74) is 5.19. The molecule has 176 valence electrons. The van der Waals surface area contributed by atoms with Gasteiger partial charge in [-0.15, -0.1) is 0 Å². The summed E-state index contributed by atoms with van der Waals surface area (Å²) in [6.07, 6.45) is 6.28. The lowest BCUT2D eigenvalue weighted by molar-refractivity contribution is -0.307. The van der Waals surface area contributed by atoms with Gasteiger partial charge in [0.2, 0.25) is 5.89 Å². The molecule has 1 heterocycles. The first-order valence-electron chi connectivity index (χ1n) is 11.9. The Morgan fingerprint density at radius 3 is 2.46 bits per heavy atom. The van der Waals surface area contributed by atoms with Gasteiger partial charge in [-0.1, -0.05) is 84.8 Å². The number of carboxylic acid groups (broad SMARTS) is 1. The standard InChI is InChI=1S/C30H27NO4/c32-28(33)20-34-25-16-9-15-23(18-25)26-17-8-7-14-24(26)19-27-31-29(21-10-3-1-4-11-21)30(35-27)22-12-5-2-6-13-22/h1-6,9-13,15-16,18-19,26H,7-8,14,17,20H2,(H,32,33)/p-1/b24-19-. The van der Waals surface area contributed by atoms with Gasteiger partial charge in [0.25, 0.3) is 0 Å². The van der Waals surface area contributed by atoms with Crippen molar-refractivity contribution in [2.75, 3.05) is 6.61 Å².